The van der Waals surface area contributed by atoms with E-state index in [1.54, 1.807) is 77.6 Å². The molecular weight excluding hydrogens is 626 g/mol. The maximum Gasteiger partial charge on any atom is 0.258 e. The van der Waals surface area contributed by atoms with Crippen LogP contribution in [0.1, 0.15) is 27.9 Å². The number of halogens is 1. The molecular formula is C34H34ClN5O7. The second kappa shape index (κ2) is 14.0. The lowest BCUT2D eigenvalue weighted by molar-refractivity contribution is -0.124. The van der Waals surface area contributed by atoms with Crippen molar-refractivity contribution in [3.63, 3.8) is 0 Å². The van der Waals surface area contributed by atoms with Crippen molar-refractivity contribution in [2.75, 3.05) is 33.9 Å². The van der Waals surface area contributed by atoms with Crippen molar-refractivity contribution < 1.29 is 33.3 Å². The highest BCUT2D eigenvalue weighted by Crippen LogP contribution is 2.30. The van der Waals surface area contributed by atoms with Gasteiger partial charge in [-0.3, -0.25) is 14.4 Å². The number of benzene rings is 3. The summed E-state index contributed by atoms with van der Waals surface area (Å²) in [5, 5.41) is 10.5. The summed E-state index contributed by atoms with van der Waals surface area (Å²) in [5.74, 6) is 1.00. The number of ether oxygens (including phenoxy) is 4. The summed E-state index contributed by atoms with van der Waals surface area (Å²) in [4.78, 5) is 41.3. The van der Waals surface area contributed by atoms with E-state index >= 15 is 0 Å². The third kappa shape index (κ3) is 7.28. The lowest BCUT2D eigenvalue weighted by atomic mass is 10.1. The highest BCUT2D eigenvalue weighted by Gasteiger charge is 2.39. The predicted octanol–water partition coefficient (Wildman–Crippen LogP) is 3.57. The fourth-order valence-electron chi connectivity index (χ4n) is 5.65. The van der Waals surface area contributed by atoms with E-state index in [0.29, 0.717) is 45.7 Å². The first-order valence-electron chi connectivity index (χ1n) is 15.1. The van der Waals surface area contributed by atoms with Gasteiger partial charge in [-0.25, -0.2) is 4.68 Å². The number of rotatable bonds is 4. The van der Waals surface area contributed by atoms with E-state index in [1.807, 2.05) is 12.1 Å². The minimum Gasteiger partial charge on any atom is -0.496 e. The van der Waals surface area contributed by atoms with Crippen LogP contribution in [0.3, 0.4) is 0 Å². The van der Waals surface area contributed by atoms with Crippen LogP contribution in [-0.2, 0) is 22.6 Å². The number of amides is 3. The zero-order chi connectivity index (χ0) is 32.9. The summed E-state index contributed by atoms with van der Waals surface area (Å²) in [6.45, 7) is 0.301. The number of likely N-dealkylation sites (tertiary alicyclic amines) is 1. The molecule has 0 aliphatic carbocycles. The number of aryl methyl sites for hydroxylation is 1. The summed E-state index contributed by atoms with van der Waals surface area (Å²) in [7, 11) is 3.05. The molecule has 6 heterocycles. The van der Waals surface area contributed by atoms with Crippen LogP contribution in [0.5, 0.6) is 23.0 Å². The van der Waals surface area contributed by atoms with Crippen molar-refractivity contribution in [3.05, 3.63) is 94.8 Å². The number of aromatic nitrogens is 2. The maximum absolute atomic E-state index is 13.9. The van der Waals surface area contributed by atoms with Gasteiger partial charge in [-0.2, -0.15) is 5.10 Å². The number of nitrogens with one attached hydrogen (secondary N) is 2. The van der Waals surface area contributed by atoms with Crippen molar-refractivity contribution >= 4 is 29.3 Å². The first-order valence-corrected chi connectivity index (χ1v) is 15.5. The van der Waals surface area contributed by atoms with Gasteiger partial charge in [-0.1, -0.05) is 17.7 Å². The topological polar surface area (TPSA) is 133 Å². The molecule has 4 aromatic rings. The lowest BCUT2D eigenvalue weighted by Gasteiger charge is -2.22. The van der Waals surface area contributed by atoms with Crippen LogP contribution in [0.2, 0.25) is 5.02 Å². The third-order valence-electron chi connectivity index (χ3n) is 8.10. The Bertz CT molecular complexity index is 1780. The van der Waals surface area contributed by atoms with Gasteiger partial charge in [-0.15, -0.1) is 0 Å². The molecule has 2 N–H and O–H groups in total. The Kier molecular flexibility index (Phi) is 9.48. The van der Waals surface area contributed by atoms with E-state index in [1.165, 1.54) is 7.11 Å². The molecule has 1 fully saturated rings. The Hall–Kier alpha value is -5.23. The Morgan fingerprint density at radius 2 is 1.83 bits per heavy atom. The fraction of sp³-hybridized carbons (Fsp3) is 0.294. The summed E-state index contributed by atoms with van der Waals surface area (Å²) in [5.41, 5.74) is 2.63. The minimum atomic E-state index is -0.620. The van der Waals surface area contributed by atoms with E-state index < -0.39 is 18.1 Å². The van der Waals surface area contributed by atoms with Gasteiger partial charge in [0.25, 0.3) is 11.8 Å². The number of hydrogen-bond donors (Lipinski definition) is 2. The van der Waals surface area contributed by atoms with Crippen LogP contribution in [0.25, 0.3) is 5.69 Å². The Labute approximate surface area is 276 Å². The molecule has 0 radical (unpaired) electrons. The lowest BCUT2D eigenvalue weighted by Crippen LogP contribution is -2.46. The molecule has 13 heteroatoms. The molecule has 0 saturated carbocycles. The molecule has 1 aromatic heterocycles. The third-order valence-corrected chi connectivity index (χ3v) is 8.43. The molecule has 2 atom stereocenters. The molecule has 5 aliphatic heterocycles. The summed E-state index contributed by atoms with van der Waals surface area (Å²) < 4.78 is 24.9. The normalized spacial score (nSPS) is 18.4. The molecule has 47 heavy (non-hydrogen) atoms. The van der Waals surface area contributed by atoms with E-state index in [-0.39, 0.29) is 44.5 Å². The van der Waals surface area contributed by atoms with E-state index in [4.69, 9.17) is 30.5 Å². The summed E-state index contributed by atoms with van der Waals surface area (Å²) in [6.07, 6.45) is 3.56. The first kappa shape index (κ1) is 31.7. The highest BCUT2D eigenvalue weighted by molar-refractivity contribution is 6.33. The van der Waals surface area contributed by atoms with E-state index in [9.17, 15) is 14.4 Å². The first-order chi connectivity index (χ1) is 22.8. The number of carbonyl (C=O) groups is 3. The largest absolute Gasteiger partial charge is 0.496 e. The predicted molar refractivity (Wildman–Crippen MR) is 172 cm³/mol. The monoisotopic (exact) mass is 659 g/mol. The average molecular weight is 660 g/mol. The molecule has 3 aromatic carbocycles. The second-order valence-corrected chi connectivity index (χ2v) is 11.6. The van der Waals surface area contributed by atoms with Crippen molar-refractivity contribution in [3.8, 4) is 28.7 Å². The number of nitrogens with zero attached hydrogens (tertiary/aromatic N) is 3. The zero-order valence-electron chi connectivity index (χ0n) is 25.9. The number of hydrogen-bond acceptors (Lipinski definition) is 8. The van der Waals surface area contributed by atoms with Crippen molar-refractivity contribution in [2.24, 2.45) is 0 Å². The fourth-order valence-corrected chi connectivity index (χ4v) is 5.85. The maximum atomic E-state index is 13.9. The molecule has 5 aliphatic rings. The Morgan fingerprint density at radius 1 is 0.979 bits per heavy atom. The van der Waals surface area contributed by atoms with Crippen molar-refractivity contribution in [2.45, 2.75) is 31.5 Å². The molecule has 4 bridgehead atoms. The molecule has 0 spiro atoms. The molecule has 12 nitrogen and oxygen atoms in total. The smallest absolute Gasteiger partial charge is 0.258 e. The van der Waals surface area contributed by atoms with Crippen molar-refractivity contribution in [1.29, 1.82) is 0 Å². The Balaban J connectivity index is 1.28. The van der Waals surface area contributed by atoms with Gasteiger partial charge < -0.3 is 34.5 Å². The standard InChI is InChI=1S/C34H34ClN5O7/c1-44-29-16-24-8-6-22(29)17-36-32(41)11-5-21-4-10-28(30(14-21)45-2)46-20-33(42)38-27-18-39(19-31(27)47-24)34(43)25-15-23(7-9-26(25)35)40-13-3-12-37-40/h3-4,6-10,12-16,27,31H,5,11,17-20H2,1-2H3,(H,36,41)(H,38,42)/t27-,31-/m1/s1. The van der Waals surface area contributed by atoms with Crippen LogP contribution in [0.4, 0.5) is 0 Å². The molecule has 244 valence electrons. The van der Waals surface area contributed by atoms with Gasteiger partial charge in [0.1, 0.15) is 17.6 Å². The summed E-state index contributed by atoms with van der Waals surface area (Å²) in [6, 6.07) is 17.0. The van der Waals surface area contributed by atoms with Gasteiger partial charge in [0.05, 0.1) is 43.1 Å². The van der Waals surface area contributed by atoms with E-state index in [2.05, 4.69) is 15.7 Å². The van der Waals surface area contributed by atoms with Crippen LogP contribution >= 0.6 is 11.6 Å². The SMILES string of the molecule is COc1cc2ccc1CNC(=O)CCc1ccc(c(OC)c1)OCC(=O)N[C@@H]1CN(C(=O)c3cc(-n4cccn4)ccc3Cl)C[C@H]1O2. The van der Waals surface area contributed by atoms with Gasteiger partial charge in [0, 0.05) is 43.5 Å². The van der Waals surface area contributed by atoms with Gasteiger partial charge in [0.2, 0.25) is 5.91 Å². The molecule has 1 saturated heterocycles. The minimum absolute atomic E-state index is 0.119. The average Bonchev–Trinajstić information content (AvgIpc) is 3.76. The van der Waals surface area contributed by atoms with Crippen LogP contribution < -0.4 is 29.6 Å². The van der Waals surface area contributed by atoms with Crippen LogP contribution in [-0.4, -0.2) is 78.5 Å². The number of methoxy groups -OCH3 is 2. The van der Waals surface area contributed by atoms with E-state index in [0.717, 1.165) is 11.1 Å². The zero-order valence-corrected chi connectivity index (χ0v) is 26.7. The molecule has 3 amide bonds. The van der Waals surface area contributed by atoms with Crippen molar-refractivity contribution in [1.82, 2.24) is 25.3 Å². The van der Waals surface area contributed by atoms with Crippen LogP contribution in [0.15, 0.2) is 73.1 Å². The second-order valence-electron chi connectivity index (χ2n) is 11.2. The van der Waals surface area contributed by atoms with Crippen LogP contribution in [0, 0.1) is 0 Å². The molecule has 9 rings (SSSR count). The highest BCUT2D eigenvalue weighted by atomic mass is 35.5. The van der Waals surface area contributed by atoms with Gasteiger partial charge >= 0.3 is 0 Å². The van der Waals surface area contributed by atoms with Gasteiger partial charge in [0.15, 0.2) is 18.1 Å². The summed E-state index contributed by atoms with van der Waals surface area (Å²) >= 11 is 6.50. The molecule has 0 unspecified atom stereocenters. The Morgan fingerprint density at radius 3 is 2.62 bits per heavy atom. The van der Waals surface area contributed by atoms with Gasteiger partial charge in [-0.05, 0) is 60.5 Å². The number of carbonyl (C=O) groups excluding carboxylic acids is 3. The quantitative estimate of drug-likeness (QED) is 0.340.